The third-order valence-corrected chi connectivity index (χ3v) is 6.77. The standard InChI is InChI=1S/C26H32N4O3/c1-31-24-8-5-19(15-25(24)32-2)14-20-4-3-9-30(17-20)26-22-7-6-21(16-23(22)27-18-28-26)29-10-12-33-13-11-29/h5-8,15-16,18,20H,3-4,9-14,17H2,1-2H3. The predicted octanol–water partition coefficient (Wildman–Crippen LogP) is 3.94. The lowest BCUT2D eigenvalue weighted by molar-refractivity contribution is 0.122. The molecule has 2 aliphatic heterocycles. The summed E-state index contributed by atoms with van der Waals surface area (Å²) in [5, 5.41) is 1.13. The molecule has 33 heavy (non-hydrogen) atoms. The highest BCUT2D eigenvalue weighted by Gasteiger charge is 2.23. The van der Waals surface area contributed by atoms with Crippen LogP contribution in [0.15, 0.2) is 42.7 Å². The van der Waals surface area contributed by atoms with Crippen LogP contribution in [0, 0.1) is 5.92 Å². The highest BCUT2D eigenvalue weighted by Crippen LogP contribution is 2.33. The second kappa shape index (κ2) is 9.83. The number of methoxy groups -OCH3 is 2. The number of hydrogen-bond acceptors (Lipinski definition) is 7. The van der Waals surface area contributed by atoms with Crippen molar-refractivity contribution in [3.8, 4) is 11.5 Å². The molecule has 0 radical (unpaired) electrons. The average Bonchev–Trinajstić information content (AvgIpc) is 2.88. The zero-order valence-electron chi connectivity index (χ0n) is 19.5. The molecular formula is C26H32N4O3. The molecule has 1 aromatic heterocycles. The van der Waals surface area contributed by atoms with E-state index < -0.39 is 0 Å². The summed E-state index contributed by atoms with van der Waals surface area (Å²) in [5.41, 5.74) is 3.49. The summed E-state index contributed by atoms with van der Waals surface area (Å²) in [6.45, 7) is 5.43. The Morgan fingerprint density at radius 3 is 2.61 bits per heavy atom. The number of piperidine rings is 1. The molecule has 0 amide bonds. The van der Waals surface area contributed by atoms with E-state index in [-0.39, 0.29) is 0 Å². The molecule has 2 saturated heterocycles. The summed E-state index contributed by atoms with van der Waals surface area (Å²) >= 11 is 0. The van der Waals surface area contributed by atoms with Gasteiger partial charge in [-0.1, -0.05) is 6.07 Å². The highest BCUT2D eigenvalue weighted by atomic mass is 16.5. The van der Waals surface area contributed by atoms with Gasteiger partial charge in [-0.15, -0.1) is 0 Å². The largest absolute Gasteiger partial charge is 0.493 e. The van der Waals surface area contributed by atoms with Crippen LogP contribution in [0.2, 0.25) is 0 Å². The zero-order chi connectivity index (χ0) is 22.6. The second-order valence-corrected chi connectivity index (χ2v) is 8.85. The average molecular weight is 449 g/mol. The molecule has 2 aliphatic rings. The van der Waals surface area contributed by atoms with Gasteiger partial charge in [-0.25, -0.2) is 9.97 Å². The lowest BCUT2D eigenvalue weighted by Gasteiger charge is -2.34. The van der Waals surface area contributed by atoms with Gasteiger partial charge >= 0.3 is 0 Å². The number of nitrogens with zero attached hydrogens (tertiary/aromatic N) is 4. The van der Waals surface area contributed by atoms with Gasteiger partial charge in [0.05, 0.1) is 33.0 Å². The van der Waals surface area contributed by atoms with E-state index in [2.05, 4.69) is 45.1 Å². The number of aromatic nitrogens is 2. The smallest absolute Gasteiger partial charge is 0.160 e. The molecule has 0 saturated carbocycles. The molecule has 0 bridgehead atoms. The molecule has 0 N–H and O–H groups in total. The van der Waals surface area contributed by atoms with Gasteiger partial charge in [0.2, 0.25) is 0 Å². The third-order valence-electron chi connectivity index (χ3n) is 6.77. The molecule has 7 nitrogen and oxygen atoms in total. The van der Waals surface area contributed by atoms with Crippen molar-refractivity contribution in [1.82, 2.24) is 9.97 Å². The van der Waals surface area contributed by atoms with Crippen molar-refractivity contribution in [2.45, 2.75) is 19.3 Å². The summed E-state index contributed by atoms with van der Waals surface area (Å²) in [4.78, 5) is 14.1. The Balaban J connectivity index is 1.34. The van der Waals surface area contributed by atoms with Crippen LogP contribution in [0.25, 0.3) is 10.9 Å². The van der Waals surface area contributed by atoms with Gasteiger partial charge in [-0.05, 0) is 61.1 Å². The molecule has 5 rings (SSSR count). The Hall–Kier alpha value is -3.06. The first-order valence-electron chi connectivity index (χ1n) is 11.8. The molecular weight excluding hydrogens is 416 g/mol. The Morgan fingerprint density at radius 1 is 0.939 bits per heavy atom. The number of fused-ring (bicyclic) bond motifs is 1. The summed E-state index contributed by atoms with van der Waals surface area (Å²) in [5.74, 6) is 3.18. The van der Waals surface area contributed by atoms with Gasteiger partial charge in [0.15, 0.2) is 11.5 Å². The molecule has 3 heterocycles. The number of ether oxygens (including phenoxy) is 3. The zero-order valence-corrected chi connectivity index (χ0v) is 19.5. The van der Waals surface area contributed by atoms with Crippen molar-refractivity contribution in [1.29, 1.82) is 0 Å². The molecule has 1 atom stereocenters. The van der Waals surface area contributed by atoms with Crippen LogP contribution in [0.1, 0.15) is 18.4 Å². The molecule has 2 aromatic carbocycles. The quantitative estimate of drug-likeness (QED) is 0.566. The fourth-order valence-electron chi connectivity index (χ4n) is 5.07. The third kappa shape index (κ3) is 4.69. The lowest BCUT2D eigenvalue weighted by Crippen LogP contribution is -2.37. The maximum Gasteiger partial charge on any atom is 0.160 e. The minimum atomic E-state index is 0.564. The van der Waals surface area contributed by atoms with Crippen molar-refractivity contribution >= 4 is 22.4 Å². The van der Waals surface area contributed by atoms with Crippen molar-refractivity contribution in [2.24, 2.45) is 5.92 Å². The number of anilines is 2. The van der Waals surface area contributed by atoms with Crippen molar-refractivity contribution in [3.05, 3.63) is 48.3 Å². The van der Waals surface area contributed by atoms with E-state index >= 15 is 0 Å². The summed E-state index contributed by atoms with van der Waals surface area (Å²) in [7, 11) is 3.36. The van der Waals surface area contributed by atoms with E-state index in [9.17, 15) is 0 Å². The topological polar surface area (TPSA) is 60.0 Å². The van der Waals surface area contributed by atoms with Gasteiger partial charge in [-0.3, -0.25) is 0 Å². The molecule has 3 aromatic rings. The number of benzene rings is 2. The van der Waals surface area contributed by atoms with Crippen LogP contribution in [-0.4, -0.2) is 63.6 Å². The van der Waals surface area contributed by atoms with Crippen LogP contribution < -0.4 is 19.3 Å². The fourth-order valence-corrected chi connectivity index (χ4v) is 5.07. The second-order valence-electron chi connectivity index (χ2n) is 8.85. The minimum absolute atomic E-state index is 0.564. The van der Waals surface area contributed by atoms with E-state index in [1.165, 1.54) is 17.7 Å². The van der Waals surface area contributed by atoms with Gasteiger partial charge in [-0.2, -0.15) is 0 Å². The Morgan fingerprint density at radius 2 is 1.79 bits per heavy atom. The van der Waals surface area contributed by atoms with E-state index in [0.29, 0.717) is 5.92 Å². The molecule has 7 heteroatoms. The van der Waals surface area contributed by atoms with Crippen LogP contribution in [0.3, 0.4) is 0 Å². The SMILES string of the molecule is COc1ccc(CC2CCCN(c3ncnc4cc(N5CCOCC5)ccc34)C2)cc1OC. The number of hydrogen-bond donors (Lipinski definition) is 0. The maximum absolute atomic E-state index is 5.50. The number of morpholine rings is 1. The van der Waals surface area contributed by atoms with Gasteiger partial charge in [0.1, 0.15) is 12.1 Å². The van der Waals surface area contributed by atoms with Crippen LogP contribution in [0.5, 0.6) is 11.5 Å². The van der Waals surface area contributed by atoms with Crippen molar-refractivity contribution in [2.75, 3.05) is 63.4 Å². The van der Waals surface area contributed by atoms with E-state index in [0.717, 1.165) is 80.5 Å². The van der Waals surface area contributed by atoms with Crippen LogP contribution >= 0.6 is 0 Å². The maximum atomic E-state index is 5.50. The highest BCUT2D eigenvalue weighted by molar-refractivity contribution is 5.91. The van der Waals surface area contributed by atoms with Gasteiger partial charge in [0.25, 0.3) is 0 Å². The molecule has 0 aliphatic carbocycles. The first kappa shape index (κ1) is 21.8. The van der Waals surface area contributed by atoms with Gasteiger partial charge in [0, 0.05) is 37.3 Å². The summed E-state index contributed by atoms with van der Waals surface area (Å²) < 4.78 is 16.4. The lowest BCUT2D eigenvalue weighted by atomic mass is 9.91. The van der Waals surface area contributed by atoms with E-state index in [1.54, 1.807) is 20.5 Å². The number of rotatable bonds is 6. The Bertz CT molecular complexity index is 1100. The molecule has 1 unspecified atom stereocenters. The Labute approximate surface area is 195 Å². The predicted molar refractivity (Wildman–Crippen MR) is 131 cm³/mol. The molecule has 2 fully saturated rings. The van der Waals surface area contributed by atoms with E-state index in [4.69, 9.17) is 19.2 Å². The molecule has 0 spiro atoms. The Kier molecular flexibility index (Phi) is 6.48. The van der Waals surface area contributed by atoms with Crippen molar-refractivity contribution < 1.29 is 14.2 Å². The normalized spacial score (nSPS) is 19.0. The van der Waals surface area contributed by atoms with Crippen LogP contribution in [0.4, 0.5) is 11.5 Å². The first-order chi connectivity index (χ1) is 16.2. The fraction of sp³-hybridized carbons (Fsp3) is 0.462. The monoisotopic (exact) mass is 448 g/mol. The molecule has 174 valence electrons. The van der Waals surface area contributed by atoms with E-state index in [1.807, 2.05) is 6.07 Å². The van der Waals surface area contributed by atoms with Gasteiger partial charge < -0.3 is 24.0 Å². The summed E-state index contributed by atoms with van der Waals surface area (Å²) in [6.07, 6.45) is 5.10. The summed E-state index contributed by atoms with van der Waals surface area (Å²) in [6, 6.07) is 12.8. The minimum Gasteiger partial charge on any atom is -0.493 e. The first-order valence-corrected chi connectivity index (χ1v) is 11.8. The van der Waals surface area contributed by atoms with Crippen molar-refractivity contribution in [3.63, 3.8) is 0 Å². The van der Waals surface area contributed by atoms with Crippen LogP contribution in [-0.2, 0) is 11.2 Å².